The van der Waals surface area contributed by atoms with Gasteiger partial charge in [0.05, 0.1) is 12.1 Å². The smallest absolute Gasteiger partial charge is 0.268 e. The van der Waals surface area contributed by atoms with E-state index < -0.39 is 144 Å². The van der Waals surface area contributed by atoms with Gasteiger partial charge in [-0.25, -0.2) is 87.8 Å². The fraction of sp³-hybridized carbons (Fsp3) is 0.0541. The van der Waals surface area contributed by atoms with E-state index in [0.29, 0.717) is 12.2 Å². The first-order valence-electron chi connectivity index (χ1n) is 16.2. The number of hydrogen-bond donors (Lipinski definition) is 0. The van der Waals surface area contributed by atoms with Crippen LogP contribution in [-0.4, -0.2) is 22.8 Å². The number of aromatic nitrogens is 2. The molecular weight excluding hydrogens is 915 g/mol. The molecule has 6 rings (SSSR count). The topological polar surface area (TPSA) is 33.8 Å². The molecule has 6 aromatic rings. The number of Topliss-reactive ketones (excluding diaryl/α,β-unsaturated/α-hetero) is 1. The Morgan fingerprint density at radius 2 is 0.726 bits per heavy atom. The highest BCUT2D eigenvalue weighted by molar-refractivity contribution is 7.20. The van der Waals surface area contributed by atoms with Crippen LogP contribution in [0.15, 0.2) is 48.9 Å². The molecule has 62 heavy (non-hydrogen) atoms. The lowest BCUT2D eigenvalue weighted by atomic mass is 9.12. The standard InChI is InChI=1S/C24BF20.C13H12ClN2O/c26-5-1(6(27)14(35)21(42)13(5)34)25(2-7(28)15(36)22(43)16(37)8(2)29,3-9(30)17(38)23(44)18(39)10(3)31)4-11(32)19(40)24(45)20(41)12(4)33;14-8-13(17)12-9-15-6-7-16(12)10-11-4-2-1-3-5-11/h;1-7,9H,8,10H2/q-1;+1. The Labute approximate surface area is 336 Å². The Hall–Kier alpha value is -6.20. The number of nitrogens with zero attached hydrogens (tertiary/aromatic N) is 2. The average molecular weight is 927 g/mol. The van der Waals surface area contributed by atoms with Gasteiger partial charge in [-0.1, -0.05) is 30.3 Å². The highest BCUT2D eigenvalue weighted by atomic mass is 35.5. The normalized spacial score (nSPS) is 11.5. The van der Waals surface area contributed by atoms with Crippen LogP contribution in [0.3, 0.4) is 0 Å². The minimum atomic E-state index is -7.22. The molecule has 0 spiro atoms. The molecule has 0 atom stereocenters. The number of carbonyl (C=O) groups excluding carboxylic acids is 1. The van der Waals surface area contributed by atoms with Crippen LogP contribution in [0.25, 0.3) is 0 Å². The lowest BCUT2D eigenvalue weighted by molar-refractivity contribution is -0.690. The number of alkyl halides is 1. The summed E-state index contributed by atoms with van der Waals surface area (Å²) in [5, 5.41) is 0. The van der Waals surface area contributed by atoms with Crippen LogP contribution in [0, 0.1) is 116 Å². The summed E-state index contributed by atoms with van der Waals surface area (Å²) >= 11 is 5.57. The summed E-state index contributed by atoms with van der Waals surface area (Å²) in [7, 11) is 0. The molecule has 0 unspecified atom stereocenters. The van der Waals surface area contributed by atoms with Crippen LogP contribution in [0.1, 0.15) is 16.1 Å². The van der Waals surface area contributed by atoms with Crippen LogP contribution >= 0.6 is 11.6 Å². The van der Waals surface area contributed by atoms with Crippen molar-refractivity contribution in [2.24, 2.45) is 0 Å². The lowest BCUT2D eigenvalue weighted by Gasteiger charge is -2.44. The Kier molecular flexibility index (Phi) is 13.3. The molecule has 0 N–H and O–H groups in total. The maximum atomic E-state index is 15.4. The lowest BCUT2D eigenvalue weighted by Crippen LogP contribution is -2.81. The molecule has 326 valence electrons. The maximum absolute atomic E-state index is 15.4. The Morgan fingerprint density at radius 1 is 0.452 bits per heavy atom. The van der Waals surface area contributed by atoms with Gasteiger partial charge in [0.15, 0.2) is 82.5 Å². The first-order chi connectivity index (χ1) is 29.0. The second-order valence-electron chi connectivity index (χ2n) is 12.4. The predicted octanol–water partition coefficient (Wildman–Crippen LogP) is 7.68. The fourth-order valence-electron chi connectivity index (χ4n) is 6.48. The molecule has 0 aliphatic heterocycles. The molecule has 0 fully saturated rings. The molecule has 5 aromatic carbocycles. The van der Waals surface area contributed by atoms with Gasteiger partial charge in [0.2, 0.25) is 5.78 Å². The summed E-state index contributed by atoms with van der Waals surface area (Å²) in [6, 6.07) is 9.94. The summed E-state index contributed by atoms with van der Waals surface area (Å²) in [4.78, 5) is 15.6. The third-order valence-electron chi connectivity index (χ3n) is 9.15. The zero-order valence-corrected chi connectivity index (χ0v) is 30.1. The number of halogens is 21. The van der Waals surface area contributed by atoms with Crippen LogP contribution in [0.5, 0.6) is 0 Å². The molecule has 1 aromatic heterocycles. The third kappa shape index (κ3) is 7.36. The molecule has 0 aliphatic rings. The molecular formula is C37H12BClF20N2O. The van der Waals surface area contributed by atoms with E-state index in [1.165, 1.54) is 0 Å². The van der Waals surface area contributed by atoms with Gasteiger partial charge in [0, 0.05) is 5.56 Å². The molecule has 0 saturated carbocycles. The SMILES string of the molecule is Fc1c(F)c(F)c([B-](c2c(F)c(F)c(F)c(F)c2F)(c2c(F)c(F)c(F)c(F)c2F)c2c(F)c(F)c(F)c(F)c2F)c(F)c1F.O=C(CCl)c1cncc[n+]1Cc1ccccc1. The molecule has 1 heterocycles. The van der Waals surface area contributed by atoms with Crippen LogP contribution in [0.2, 0.25) is 0 Å². The first kappa shape index (κ1) is 46.9. The van der Waals surface area contributed by atoms with E-state index in [-0.39, 0.29) is 11.7 Å². The fourth-order valence-corrected chi connectivity index (χ4v) is 6.62. The van der Waals surface area contributed by atoms with Gasteiger partial charge >= 0.3 is 0 Å². The van der Waals surface area contributed by atoms with Crippen molar-refractivity contribution in [3.05, 3.63) is 177 Å². The summed E-state index contributed by atoms with van der Waals surface area (Å²) < 4.78 is 296. The van der Waals surface area contributed by atoms with E-state index in [2.05, 4.69) is 4.98 Å². The van der Waals surface area contributed by atoms with E-state index in [1.54, 1.807) is 18.6 Å². The second-order valence-corrected chi connectivity index (χ2v) is 12.7. The molecule has 0 aliphatic carbocycles. The third-order valence-corrected chi connectivity index (χ3v) is 9.39. The van der Waals surface area contributed by atoms with Crippen molar-refractivity contribution < 1.29 is 97.2 Å². The number of rotatable bonds is 8. The van der Waals surface area contributed by atoms with Crippen LogP contribution in [0.4, 0.5) is 87.8 Å². The van der Waals surface area contributed by atoms with Gasteiger partial charge < -0.3 is 0 Å². The second kappa shape index (κ2) is 17.7. The van der Waals surface area contributed by atoms with Gasteiger partial charge in [-0.3, -0.25) is 9.78 Å². The minimum absolute atomic E-state index is 0.0273. The van der Waals surface area contributed by atoms with Crippen molar-refractivity contribution >= 4 is 45.4 Å². The molecule has 0 radical (unpaired) electrons. The predicted molar refractivity (Wildman–Crippen MR) is 174 cm³/mol. The highest BCUT2D eigenvalue weighted by Gasteiger charge is 2.52. The van der Waals surface area contributed by atoms with Crippen LogP contribution in [-0.2, 0) is 6.54 Å². The zero-order chi connectivity index (χ0) is 46.4. The van der Waals surface area contributed by atoms with Gasteiger partial charge in [-0.05, 0) is 0 Å². The Bertz CT molecular complexity index is 2410. The molecule has 0 amide bonds. The maximum Gasteiger partial charge on any atom is 0.268 e. The molecule has 3 nitrogen and oxygen atoms in total. The number of carbonyl (C=O) groups is 1. The monoisotopic (exact) mass is 926 g/mol. The minimum Gasteiger partial charge on any atom is -0.286 e. The van der Waals surface area contributed by atoms with Gasteiger partial charge in [0.1, 0.15) is 58.9 Å². The van der Waals surface area contributed by atoms with E-state index in [4.69, 9.17) is 11.6 Å². The van der Waals surface area contributed by atoms with Crippen molar-refractivity contribution in [1.29, 1.82) is 0 Å². The van der Waals surface area contributed by atoms with Crippen molar-refractivity contribution in [1.82, 2.24) is 4.98 Å². The number of benzene rings is 5. The summed E-state index contributed by atoms with van der Waals surface area (Å²) in [5.41, 5.74) is -12.7. The molecule has 0 saturated heterocycles. The summed E-state index contributed by atoms with van der Waals surface area (Å²) in [6.07, 6.45) is -2.22. The highest BCUT2D eigenvalue weighted by Crippen LogP contribution is 2.30. The van der Waals surface area contributed by atoms with Crippen molar-refractivity contribution in [3.63, 3.8) is 0 Å². The number of ketones is 1. The van der Waals surface area contributed by atoms with E-state index >= 15 is 35.1 Å². The zero-order valence-electron chi connectivity index (χ0n) is 29.4. The van der Waals surface area contributed by atoms with Gasteiger partial charge in [-0.15, -0.1) is 33.5 Å². The van der Waals surface area contributed by atoms with Gasteiger partial charge in [-0.2, -0.15) is 4.57 Å². The average Bonchev–Trinajstić information content (AvgIpc) is 3.26. The van der Waals surface area contributed by atoms with Crippen molar-refractivity contribution in [3.8, 4) is 0 Å². The van der Waals surface area contributed by atoms with Crippen molar-refractivity contribution in [2.75, 3.05) is 5.88 Å². The number of hydrogen-bond acceptors (Lipinski definition) is 2. The Balaban J connectivity index is 0.000000355. The molecule has 0 bridgehead atoms. The van der Waals surface area contributed by atoms with E-state index in [9.17, 15) is 57.5 Å². The van der Waals surface area contributed by atoms with Gasteiger partial charge in [0.25, 0.3) is 5.69 Å². The molecule has 25 heteroatoms. The van der Waals surface area contributed by atoms with Crippen LogP contribution < -0.4 is 26.4 Å². The van der Waals surface area contributed by atoms with Crippen molar-refractivity contribution in [2.45, 2.75) is 6.54 Å². The van der Waals surface area contributed by atoms with E-state index in [0.717, 1.165) is 5.56 Å². The Morgan fingerprint density at radius 3 is 1.00 bits per heavy atom. The quantitative estimate of drug-likeness (QED) is 0.0299. The first-order valence-corrected chi connectivity index (χ1v) is 16.7. The summed E-state index contributed by atoms with van der Waals surface area (Å²) in [5.74, 6) is -71.5. The van der Waals surface area contributed by atoms with E-state index in [1.807, 2.05) is 34.9 Å². The largest absolute Gasteiger partial charge is 0.286 e. The summed E-state index contributed by atoms with van der Waals surface area (Å²) in [6.45, 7) is 0.640.